The molecular weight excluding hydrogens is 389 g/mol. The average molecular weight is 420 g/mol. The summed E-state index contributed by atoms with van der Waals surface area (Å²) >= 11 is 0. The SMILES string of the molecule is CCN(CC)C1=NP(c2ccccc2)(N(CC)CC)=NC(c2ccccc2)=C1C#N. The van der Waals surface area contributed by atoms with Crippen molar-refractivity contribution in [3.63, 3.8) is 0 Å². The molecule has 1 aliphatic heterocycles. The molecule has 156 valence electrons. The van der Waals surface area contributed by atoms with Crippen molar-refractivity contribution in [3.8, 4) is 6.07 Å². The first-order chi connectivity index (χ1) is 14.6. The van der Waals surface area contributed by atoms with Crippen LogP contribution in [0.1, 0.15) is 33.3 Å². The van der Waals surface area contributed by atoms with E-state index in [1.807, 2.05) is 36.4 Å². The van der Waals surface area contributed by atoms with E-state index >= 15 is 0 Å². The van der Waals surface area contributed by atoms with Gasteiger partial charge in [-0.25, -0.2) is 14.2 Å². The molecule has 0 N–H and O–H groups in total. The minimum absolute atomic E-state index is 0.559. The Morgan fingerprint density at radius 3 is 1.90 bits per heavy atom. The Labute approximate surface area is 180 Å². The van der Waals surface area contributed by atoms with Crippen molar-refractivity contribution in [2.24, 2.45) is 9.51 Å². The second-order valence-corrected chi connectivity index (χ2v) is 9.56. The highest BCUT2D eigenvalue weighted by atomic mass is 31.2. The zero-order chi connectivity index (χ0) is 21.6. The molecular formula is C24H30N5P. The number of likely N-dealkylation sites (N-methyl/N-ethyl adjacent to an activating group) is 1. The van der Waals surface area contributed by atoms with E-state index in [-0.39, 0.29) is 0 Å². The minimum Gasteiger partial charge on any atom is -0.356 e. The molecule has 0 spiro atoms. The third kappa shape index (κ3) is 3.99. The Morgan fingerprint density at radius 2 is 1.40 bits per heavy atom. The third-order valence-corrected chi connectivity index (χ3v) is 8.68. The van der Waals surface area contributed by atoms with E-state index in [1.165, 1.54) is 0 Å². The molecule has 2 aromatic carbocycles. The lowest BCUT2D eigenvalue weighted by Crippen LogP contribution is -2.35. The van der Waals surface area contributed by atoms with E-state index in [1.54, 1.807) is 0 Å². The zero-order valence-electron chi connectivity index (χ0n) is 18.3. The van der Waals surface area contributed by atoms with Gasteiger partial charge in [0.1, 0.15) is 11.6 Å². The molecule has 0 radical (unpaired) electrons. The van der Waals surface area contributed by atoms with Crippen LogP contribution in [0, 0.1) is 11.3 Å². The van der Waals surface area contributed by atoms with Crippen LogP contribution in [0.5, 0.6) is 0 Å². The molecule has 0 aromatic heterocycles. The van der Waals surface area contributed by atoms with Crippen molar-refractivity contribution in [1.82, 2.24) is 9.57 Å². The summed E-state index contributed by atoms with van der Waals surface area (Å²) in [5.74, 6) is 0.764. The van der Waals surface area contributed by atoms with Crippen LogP contribution in [-0.4, -0.2) is 41.6 Å². The number of hydrogen-bond acceptors (Lipinski definition) is 5. The lowest BCUT2D eigenvalue weighted by molar-refractivity contribution is 0.465. The highest BCUT2D eigenvalue weighted by molar-refractivity contribution is 7.70. The summed E-state index contributed by atoms with van der Waals surface area (Å²) < 4.78 is 13.0. The van der Waals surface area contributed by atoms with Crippen molar-refractivity contribution < 1.29 is 0 Å². The predicted octanol–water partition coefficient (Wildman–Crippen LogP) is 5.37. The number of rotatable bonds is 7. The molecule has 1 unspecified atom stereocenters. The normalized spacial score (nSPS) is 18.6. The highest BCUT2D eigenvalue weighted by Crippen LogP contribution is 2.58. The standard InChI is InChI=1S/C24H30N5P/c1-5-28(6-2)24-22(19-25)23(20-15-11-9-12-16-20)26-30(27-24,29(7-3)8-4)21-17-13-10-14-18-21/h9-18H,5-8H2,1-4H3. The third-order valence-electron chi connectivity index (χ3n) is 5.38. The van der Waals surface area contributed by atoms with Crippen molar-refractivity contribution in [2.75, 3.05) is 26.2 Å². The first kappa shape index (κ1) is 22.0. The molecule has 0 saturated heterocycles. The van der Waals surface area contributed by atoms with Gasteiger partial charge in [0.25, 0.3) is 0 Å². The summed E-state index contributed by atoms with van der Waals surface area (Å²) in [5.41, 5.74) is 2.27. The Bertz CT molecular complexity index is 1010. The molecule has 3 rings (SSSR count). The first-order valence-electron chi connectivity index (χ1n) is 10.6. The quantitative estimate of drug-likeness (QED) is 0.567. The Kier molecular flexibility index (Phi) is 7.26. The topological polar surface area (TPSA) is 55.0 Å². The molecule has 6 heteroatoms. The lowest BCUT2D eigenvalue weighted by atomic mass is 10.1. The van der Waals surface area contributed by atoms with Gasteiger partial charge in [-0.05, 0) is 13.8 Å². The predicted molar refractivity (Wildman–Crippen MR) is 128 cm³/mol. The molecule has 1 heterocycles. The van der Waals surface area contributed by atoms with Gasteiger partial charge < -0.3 is 4.90 Å². The molecule has 1 atom stereocenters. The van der Waals surface area contributed by atoms with Gasteiger partial charge in [-0.3, -0.25) is 0 Å². The number of hydrogen-bond donors (Lipinski definition) is 0. The molecule has 0 amide bonds. The fourth-order valence-corrected chi connectivity index (χ4v) is 7.00. The Balaban J connectivity index is 2.45. The Hall–Kier alpha value is -2.67. The summed E-state index contributed by atoms with van der Waals surface area (Å²) in [5, 5.41) is 11.3. The number of benzene rings is 2. The molecule has 0 aliphatic carbocycles. The van der Waals surface area contributed by atoms with Gasteiger partial charge in [-0.2, -0.15) is 5.26 Å². The van der Waals surface area contributed by atoms with E-state index in [2.05, 4.69) is 67.6 Å². The smallest absolute Gasteiger partial charge is 0.176 e. The van der Waals surface area contributed by atoms with E-state index in [0.29, 0.717) is 5.57 Å². The van der Waals surface area contributed by atoms with Crippen LogP contribution in [0.3, 0.4) is 0 Å². The summed E-state index contributed by atoms with van der Waals surface area (Å²) in [7, 11) is -2.47. The molecule has 2 aromatic rings. The molecule has 0 bridgehead atoms. The van der Waals surface area contributed by atoms with Gasteiger partial charge in [0, 0.05) is 37.0 Å². The van der Waals surface area contributed by atoms with Crippen LogP contribution >= 0.6 is 7.36 Å². The van der Waals surface area contributed by atoms with Crippen LogP contribution < -0.4 is 5.30 Å². The van der Waals surface area contributed by atoms with Gasteiger partial charge in [0.2, 0.25) is 0 Å². The monoisotopic (exact) mass is 419 g/mol. The number of nitriles is 1. The highest BCUT2D eigenvalue weighted by Gasteiger charge is 2.35. The summed E-state index contributed by atoms with van der Waals surface area (Å²) in [6, 6.07) is 22.8. The van der Waals surface area contributed by atoms with Crippen LogP contribution in [0.25, 0.3) is 5.70 Å². The van der Waals surface area contributed by atoms with Crippen LogP contribution in [0.4, 0.5) is 0 Å². The van der Waals surface area contributed by atoms with E-state index < -0.39 is 7.36 Å². The largest absolute Gasteiger partial charge is 0.356 e. The van der Waals surface area contributed by atoms with Crippen molar-refractivity contribution >= 4 is 24.2 Å². The van der Waals surface area contributed by atoms with Crippen LogP contribution in [0.2, 0.25) is 0 Å². The van der Waals surface area contributed by atoms with E-state index in [0.717, 1.165) is 48.6 Å². The molecule has 5 nitrogen and oxygen atoms in total. The second-order valence-electron chi connectivity index (χ2n) is 6.94. The maximum absolute atomic E-state index is 10.2. The number of amidine groups is 1. The first-order valence-corrected chi connectivity index (χ1v) is 12.3. The summed E-state index contributed by atoms with van der Waals surface area (Å²) in [4.78, 5) is 2.18. The Morgan fingerprint density at radius 1 is 0.833 bits per heavy atom. The lowest BCUT2D eigenvalue weighted by Gasteiger charge is -2.37. The van der Waals surface area contributed by atoms with Gasteiger partial charge in [0.05, 0.1) is 5.70 Å². The van der Waals surface area contributed by atoms with Gasteiger partial charge in [-0.15, -0.1) is 0 Å². The molecule has 0 fully saturated rings. The van der Waals surface area contributed by atoms with Gasteiger partial charge in [-0.1, -0.05) is 74.5 Å². The van der Waals surface area contributed by atoms with Crippen molar-refractivity contribution in [1.29, 1.82) is 5.26 Å². The molecule has 0 saturated carbocycles. The maximum Gasteiger partial charge on any atom is 0.176 e. The zero-order valence-corrected chi connectivity index (χ0v) is 19.2. The maximum atomic E-state index is 10.2. The second kappa shape index (κ2) is 9.89. The van der Waals surface area contributed by atoms with Crippen molar-refractivity contribution in [3.05, 3.63) is 71.8 Å². The fraction of sp³-hybridized carbons (Fsp3) is 0.333. The van der Waals surface area contributed by atoms with Crippen LogP contribution in [-0.2, 0) is 0 Å². The van der Waals surface area contributed by atoms with E-state index in [4.69, 9.17) is 9.51 Å². The molecule has 30 heavy (non-hydrogen) atoms. The summed E-state index contributed by atoms with van der Waals surface area (Å²) in [6.45, 7) is 11.8. The van der Waals surface area contributed by atoms with Crippen LogP contribution in [0.15, 0.2) is 75.7 Å². The van der Waals surface area contributed by atoms with E-state index in [9.17, 15) is 5.26 Å². The minimum atomic E-state index is -2.47. The van der Waals surface area contributed by atoms with Crippen molar-refractivity contribution in [2.45, 2.75) is 27.7 Å². The average Bonchev–Trinajstić information content (AvgIpc) is 2.81. The van der Waals surface area contributed by atoms with Gasteiger partial charge in [0.15, 0.2) is 13.2 Å². The summed E-state index contributed by atoms with van der Waals surface area (Å²) in [6.07, 6.45) is 0. The fourth-order valence-electron chi connectivity index (χ4n) is 3.80. The van der Waals surface area contributed by atoms with Gasteiger partial charge >= 0.3 is 0 Å². The number of nitrogens with zero attached hydrogens (tertiary/aromatic N) is 5. The molecule has 1 aliphatic rings.